The molecule has 1 aromatic rings. The smallest absolute Gasteiger partial charge is 0.339 e. The van der Waals surface area contributed by atoms with Crippen LogP contribution < -0.4 is 10.5 Å². The van der Waals surface area contributed by atoms with Crippen molar-refractivity contribution in [2.75, 3.05) is 18.9 Å². The molecule has 1 atom stereocenters. The van der Waals surface area contributed by atoms with Gasteiger partial charge in [-0.25, -0.2) is 4.79 Å². The number of aromatic carboxylic acids is 1. The summed E-state index contributed by atoms with van der Waals surface area (Å²) < 4.78 is 11.0. The molecule has 5 heteroatoms. The Morgan fingerprint density at radius 2 is 2.37 bits per heavy atom. The second kappa shape index (κ2) is 6.43. The fourth-order valence-electron chi connectivity index (χ4n) is 2.24. The number of para-hydroxylation sites is 1. The van der Waals surface area contributed by atoms with Gasteiger partial charge in [-0.15, -0.1) is 0 Å². The summed E-state index contributed by atoms with van der Waals surface area (Å²) in [6.45, 7) is 1.30. The molecule has 0 spiro atoms. The number of carbonyl (C=O) groups is 1. The molecule has 1 heterocycles. The Morgan fingerprint density at radius 1 is 1.53 bits per heavy atom. The summed E-state index contributed by atoms with van der Waals surface area (Å²) in [5, 5.41) is 9.06. The number of nitrogens with two attached hydrogens (primary N) is 1. The molecule has 1 aliphatic rings. The first-order chi connectivity index (χ1) is 9.18. The maximum absolute atomic E-state index is 11.1. The lowest BCUT2D eigenvalue weighted by Gasteiger charge is -2.13. The average molecular weight is 265 g/mol. The third-order valence-electron chi connectivity index (χ3n) is 3.22. The van der Waals surface area contributed by atoms with Crippen LogP contribution >= 0.6 is 0 Å². The number of hydrogen-bond acceptors (Lipinski definition) is 4. The lowest BCUT2D eigenvalue weighted by atomic mass is 10.1. The molecule has 0 aromatic heterocycles. The van der Waals surface area contributed by atoms with Gasteiger partial charge in [-0.3, -0.25) is 0 Å². The van der Waals surface area contributed by atoms with Crippen molar-refractivity contribution in [2.45, 2.75) is 31.8 Å². The van der Waals surface area contributed by atoms with Crippen molar-refractivity contribution in [1.82, 2.24) is 0 Å². The highest BCUT2D eigenvalue weighted by atomic mass is 16.5. The SMILES string of the molecule is Nc1cccc(C(=O)O)c1OCCCC1CCCO1. The molecule has 5 nitrogen and oxygen atoms in total. The zero-order valence-corrected chi connectivity index (χ0v) is 10.8. The van der Waals surface area contributed by atoms with Crippen LogP contribution in [-0.4, -0.2) is 30.4 Å². The van der Waals surface area contributed by atoms with E-state index in [0.717, 1.165) is 32.3 Å². The Hall–Kier alpha value is -1.75. The van der Waals surface area contributed by atoms with Crippen LogP contribution in [-0.2, 0) is 4.74 Å². The molecule has 0 saturated carbocycles. The second-order valence-corrected chi connectivity index (χ2v) is 4.65. The van der Waals surface area contributed by atoms with Gasteiger partial charge < -0.3 is 20.3 Å². The van der Waals surface area contributed by atoms with Crippen LogP contribution in [0.2, 0.25) is 0 Å². The molecular weight excluding hydrogens is 246 g/mol. The van der Waals surface area contributed by atoms with E-state index in [-0.39, 0.29) is 11.3 Å². The fraction of sp³-hybridized carbons (Fsp3) is 0.500. The highest BCUT2D eigenvalue weighted by Crippen LogP contribution is 2.27. The van der Waals surface area contributed by atoms with Gasteiger partial charge in [0.25, 0.3) is 0 Å². The van der Waals surface area contributed by atoms with Crippen molar-refractivity contribution in [3.8, 4) is 5.75 Å². The molecule has 2 rings (SSSR count). The highest BCUT2D eigenvalue weighted by molar-refractivity contribution is 5.93. The molecule has 0 aliphatic carbocycles. The average Bonchev–Trinajstić information content (AvgIpc) is 2.88. The second-order valence-electron chi connectivity index (χ2n) is 4.65. The lowest BCUT2D eigenvalue weighted by molar-refractivity contribution is 0.0691. The molecule has 19 heavy (non-hydrogen) atoms. The van der Waals surface area contributed by atoms with Gasteiger partial charge in [-0.2, -0.15) is 0 Å². The Kier molecular flexibility index (Phi) is 4.63. The van der Waals surface area contributed by atoms with Crippen LogP contribution in [0.1, 0.15) is 36.0 Å². The number of ether oxygens (including phenoxy) is 2. The molecule has 0 radical (unpaired) electrons. The maximum Gasteiger partial charge on any atom is 0.339 e. The van der Waals surface area contributed by atoms with E-state index in [9.17, 15) is 4.79 Å². The van der Waals surface area contributed by atoms with Gasteiger partial charge in [-0.05, 0) is 37.8 Å². The van der Waals surface area contributed by atoms with E-state index in [1.165, 1.54) is 6.07 Å². The lowest BCUT2D eigenvalue weighted by Crippen LogP contribution is -2.10. The monoisotopic (exact) mass is 265 g/mol. The Morgan fingerprint density at radius 3 is 3.05 bits per heavy atom. The number of carboxylic acids is 1. The topological polar surface area (TPSA) is 81.8 Å². The van der Waals surface area contributed by atoms with Crippen molar-refractivity contribution in [1.29, 1.82) is 0 Å². The zero-order valence-electron chi connectivity index (χ0n) is 10.8. The van der Waals surface area contributed by atoms with Crippen LogP contribution in [0.4, 0.5) is 5.69 Å². The minimum Gasteiger partial charge on any atom is -0.491 e. The standard InChI is InChI=1S/C14H19NO4/c15-12-7-1-6-11(14(16)17)13(12)19-9-3-5-10-4-2-8-18-10/h1,6-7,10H,2-5,8-9,15H2,(H,16,17). The van der Waals surface area contributed by atoms with Crippen LogP contribution in [0.25, 0.3) is 0 Å². The summed E-state index contributed by atoms with van der Waals surface area (Å²) >= 11 is 0. The zero-order chi connectivity index (χ0) is 13.7. The molecule has 0 bridgehead atoms. The Bertz CT molecular complexity index is 441. The van der Waals surface area contributed by atoms with E-state index in [4.69, 9.17) is 20.3 Å². The molecule has 1 fully saturated rings. The molecule has 1 aromatic carbocycles. The van der Waals surface area contributed by atoms with Crippen molar-refractivity contribution < 1.29 is 19.4 Å². The number of benzene rings is 1. The number of nitrogen functional groups attached to an aromatic ring is 1. The number of carboxylic acid groups (broad SMARTS) is 1. The largest absolute Gasteiger partial charge is 0.491 e. The predicted octanol–water partition coefficient (Wildman–Crippen LogP) is 2.31. The third-order valence-corrected chi connectivity index (χ3v) is 3.22. The van der Waals surface area contributed by atoms with E-state index < -0.39 is 5.97 Å². The van der Waals surface area contributed by atoms with Gasteiger partial charge in [-0.1, -0.05) is 6.07 Å². The quantitative estimate of drug-likeness (QED) is 0.609. The molecule has 0 amide bonds. The van der Waals surface area contributed by atoms with Crippen LogP contribution in [0.15, 0.2) is 18.2 Å². The van der Waals surface area contributed by atoms with Crippen LogP contribution in [0.3, 0.4) is 0 Å². The fourth-order valence-corrected chi connectivity index (χ4v) is 2.24. The molecule has 104 valence electrons. The molecular formula is C14H19NO4. The number of rotatable bonds is 6. The minimum absolute atomic E-state index is 0.108. The number of anilines is 1. The summed E-state index contributed by atoms with van der Waals surface area (Å²) in [4.78, 5) is 11.1. The first kappa shape index (κ1) is 13.7. The van der Waals surface area contributed by atoms with E-state index in [1.54, 1.807) is 12.1 Å². The Balaban J connectivity index is 1.86. The summed E-state index contributed by atoms with van der Waals surface area (Å²) in [5.74, 6) is -0.760. The normalized spacial score (nSPS) is 18.4. The van der Waals surface area contributed by atoms with Gasteiger partial charge in [0.2, 0.25) is 0 Å². The highest BCUT2D eigenvalue weighted by Gasteiger charge is 2.16. The minimum atomic E-state index is -1.03. The van der Waals surface area contributed by atoms with Crippen molar-refractivity contribution in [3.05, 3.63) is 23.8 Å². The van der Waals surface area contributed by atoms with Crippen molar-refractivity contribution in [2.24, 2.45) is 0 Å². The molecule has 1 unspecified atom stereocenters. The first-order valence-corrected chi connectivity index (χ1v) is 6.54. The maximum atomic E-state index is 11.1. The summed E-state index contributed by atoms with van der Waals surface area (Å²) in [6, 6.07) is 4.74. The summed E-state index contributed by atoms with van der Waals surface area (Å²) in [5.41, 5.74) is 6.22. The van der Waals surface area contributed by atoms with Crippen molar-refractivity contribution in [3.63, 3.8) is 0 Å². The van der Waals surface area contributed by atoms with Gasteiger partial charge in [0.15, 0.2) is 5.75 Å². The van der Waals surface area contributed by atoms with Crippen molar-refractivity contribution >= 4 is 11.7 Å². The van der Waals surface area contributed by atoms with Gasteiger partial charge in [0.05, 0.1) is 18.4 Å². The molecule has 1 saturated heterocycles. The number of hydrogen-bond donors (Lipinski definition) is 2. The summed E-state index contributed by atoms with van der Waals surface area (Å²) in [7, 11) is 0. The van der Waals surface area contributed by atoms with E-state index in [1.807, 2.05) is 0 Å². The van der Waals surface area contributed by atoms with Crippen LogP contribution in [0.5, 0.6) is 5.75 Å². The Labute approximate surface area is 112 Å². The van der Waals surface area contributed by atoms with E-state index >= 15 is 0 Å². The molecule has 1 aliphatic heterocycles. The van der Waals surface area contributed by atoms with Gasteiger partial charge >= 0.3 is 5.97 Å². The molecule has 3 N–H and O–H groups in total. The summed E-state index contributed by atoms with van der Waals surface area (Å²) in [6.07, 6.45) is 4.33. The third kappa shape index (κ3) is 3.61. The van der Waals surface area contributed by atoms with Gasteiger partial charge in [0, 0.05) is 6.61 Å². The van der Waals surface area contributed by atoms with E-state index in [2.05, 4.69) is 0 Å². The first-order valence-electron chi connectivity index (χ1n) is 6.54. The predicted molar refractivity (Wildman–Crippen MR) is 71.5 cm³/mol. The van der Waals surface area contributed by atoms with Crippen LogP contribution in [0, 0.1) is 0 Å². The van der Waals surface area contributed by atoms with Gasteiger partial charge in [0.1, 0.15) is 5.56 Å². The van der Waals surface area contributed by atoms with E-state index in [0.29, 0.717) is 18.4 Å².